The molecule has 29 heavy (non-hydrogen) atoms. The van der Waals surface area contributed by atoms with E-state index in [0.717, 1.165) is 28.3 Å². The molecule has 4 nitrogen and oxygen atoms in total. The topological polar surface area (TPSA) is 46.9 Å². The summed E-state index contributed by atoms with van der Waals surface area (Å²) in [5, 5.41) is 7.96. The zero-order valence-electron chi connectivity index (χ0n) is 16.1. The summed E-state index contributed by atoms with van der Waals surface area (Å²) in [7, 11) is 0. The normalized spacial score (nSPS) is 10.9. The van der Waals surface area contributed by atoms with E-state index in [4.69, 9.17) is 5.10 Å². The largest absolute Gasteiger partial charge is 0.346 e. The molecule has 0 atom stereocenters. The number of aryl methyl sites for hydroxylation is 1. The fraction of sp³-hybridized carbons (Fsp3) is 0.0400. The van der Waals surface area contributed by atoms with Gasteiger partial charge in [-0.05, 0) is 19.1 Å². The summed E-state index contributed by atoms with van der Waals surface area (Å²) in [4.78, 5) is 12.4. The Morgan fingerprint density at radius 2 is 1.55 bits per heavy atom. The molecule has 4 aromatic rings. The molecule has 0 fully saturated rings. The zero-order valence-corrected chi connectivity index (χ0v) is 16.1. The molecule has 0 aliphatic heterocycles. The van der Waals surface area contributed by atoms with Crippen LogP contribution < -0.4 is 5.32 Å². The average molecular weight is 379 g/mol. The summed E-state index contributed by atoms with van der Waals surface area (Å²) in [5.41, 5.74) is 4.62. The molecule has 0 amide bonds. The van der Waals surface area contributed by atoms with E-state index in [9.17, 15) is 4.79 Å². The van der Waals surface area contributed by atoms with Gasteiger partial charge in [0.05, 0.1) is 11.4 Å². The van der Waals surface area contributed by atoms with Crippen molar-refractivity contribution in [1.29, 1.82) is 0 Å². The SMILES string of the molecule is Cc1ccc(C(=O)/C=C/Nc2cc(-c3ccccc3)nn2-c2ccccc2)cc1. The first-order valence-corrected chi connectivity index (χ1v) is 9.46. The van der Waals surface area contributed by atoms with E-state index in [1.807, 2.05) is 103 Å². The molecule has 0 radical (unpaired) electrons. The molecule has 0 aliphatic carbocycles. The second kappa shape index (κ2) is 8.40. The number of benzene rings is 3. The highest BCUT2D eigenvalue weighted by molar-refractivity contribution is 6.04. The molecule has 1 heterocycles. The van der Waals surface area contributed by atoms with Crippen molar-refractivity contribution in [3.05, 3.63) is 114 Å². The first kappa shape index (κ1) is 18.4. The zero-order chi connectivity index (χ0) is 20.1. The number of ketones is 1. The Bertz CT molecular complexity index is 1130. The third kappa shape index (κ3) is 4.33. The van der Waals surface area contributed by atoms with E-state index in [1.54, 1.807) is 6.20 Å². The van der Waals surface area contributed by atoms with Crippen molar-refractivity contribution >= 4 is 11.6 Å². The first-order valence-electron chi connectivity index (χ1n) is 9.46. The quantitative estimate of drug-likeness (QED) is 0.347. The highest BCUT2D eigenvalue weighted by Gasteiger charge is 2.10. The van der Waals surface area contributed by atoms with Crippen molar-refractivity contribution in [2.45, 2.75) is 6.92 Å². The lowest BCUT2D eigenvalue weighted by molar-refractivity contribution is 0.104. The van der Waals surface area contributed by atoms with Crippen LogP contribution >= 0.6 is 0 Å². The number of hydrogen-bond donors (Lipinski definition) is 1. The molecule has 0 saturated carbocycles. The second-order valence-corrected chi connectivity index (χ2v) is 6.74. The number of nitrogens with zero attached hydrogens (tertiary/aromatic N) is 2. The van der Waals surface area contributed by atoms with E-state index in [-0.39, 0.29) is 5.78 Å². The molecule has 1 aromatic heterocycles. The van der Waals surface area contributed by atoms with Gasteiger partial charge in [0.1, 0.15) is 5.82 Å². The molecular weight excluding hydrogens is 358 g/mol. The minimum absolute atomic E-state index is 0.0495. The summed E-state index contributed by atoms with van der Waals surface area (Å²) in [6, 6.07) is 29.4. The number of carbonyl (C=O) groups excluding carboxylic acids is 1. The third-order valence-corrected chi connectivity index (χ3v) is 4.58. The van der Waals surface area contributed by atoms with E-state index in [2.05, 4.69) is 5.32 Å². The highest BCUT2D eigenvalue weighted by atomic mass is 16.1. The molecule has 0 unspecified atom stereocenters. The lowest BCUT2D eigenvalue weighted by Gasteiger charge is -2.06. The maximum absolute atomic E-state index is 12.4. The van der Waals surface area contributed by atoms with Gasteiger partial charge in [-0.1, -0.05) is 78.4 Å². The fourth-order valence-electron chi connectivity index (χ4n) is 3.02. The van der Waals surface area contributed by atoms with Crippen LogP contribution in [0.15, 0.2) is 103 Å². The van der Waals surface area contributed by atoms with Crippen molar-refractivity contribution in [3.63, 3.8) is 0 Å². The summed E-state index contributed by atoms with van der Waals surface area (Å²) in [6.07, 6.45) is 3.20. The monoisotopic (exact) mass is 379 g/mol. The van der Waals surface area contributed by atoms with Crippen LogP contribution in [0.2, 0.25) is 0 Å². The van der Waals surface area contributed by atoms with E-state index >= 15 is 0 Å². The lowest BCUT2D eigenvalue weighted by Crippen LogP contribution is -2.02. The maximum atomic E-state index is 12.4. The number of para-hydroxylation sites is 1. The minimum atomic E-state index is -0.0495. The Morgan fingerprint density at radius 3 is 2.24 bits per heavy atom. The molecular formula is C25H21N3O. The number of carbonyl (C=O) groups is 1. The van der Waals surface area contributed by atoms with Crippen LogP contribution in [-0.2, 0) is 0 Å². The standard InChI is InChI=1S/C25H21N3O/c1-19-12-14-21(15-13-19)24(29)16-17-26-25-18-23(20-8-4-2-5-9-20)27-28(25)22-10-6-3-7-11-22/h2-18,26H,1H3/b17-16+. The maximum Gasteiger partial charge on any atom is 0.187 e. The third-order valence-electron chi connectivity index (χ3n) is 4.58. The van der Waals surface area contributed by atoms with E-state index in [0.29, 0.717) is 5.56 Å². The van der Waals surface area contributed by atoms with Crippen molar-refractivity contribution in [3.8, 4) is 16.9 Å². The number of nitrogens with one attached hydrogen (secondary N) is 1. The molecule has 0 bridgehead atoms. The molecule has 4 rings (SSSR count). The van der Waals surface area contributed by atoms with Gasteiger partial charge in [0, 0.05) is 29.5 Å². The lowest BCUT2D eigenvalue weighted by atomic mass is 10.1. The van der Waals surface area contributed by atoms with Crippen LogP contribution in [0.4, 0.5) is 5.82 Å². The van der Waals surface area contributed by atoms with Gasteiger partial charge in [-0.15, -0.1) is 0 Å². The number of anilines is 1. The molecule has 142 valence electrons. The van der Waals surface area contributed by atoms with Crippen molar-refractivity contribution in [2.75, 3.05) is 5.32 Å². The highest BCUT2D eigenvalue weighted by Crippen LogP contribution is 2.24. The van der Waals surface area contributed by atoms with Gasteiger partial charge in [-0.3, -0.25) is 4.79 Å². The summed E-state index contributed by atoms with van der Waals surface area (Å²) in [6.45, 7) is 2.00. The predicted molar refractivity (Wildman–Crippen MR) is 117 cm³/mol. The molecule has 3 aromatic carbocycles. The van der Waals surface area contributed by atoms with Gasteiger partial charge >= 0.3 is 0 Å². The summed E-state index contributed by atoms with van der Waals surface area (Å²) < 4.78 is 1.84. The number of hydrogen-bond acceptors (Lipinski definition) is 3. The first-order chi connectivity index (χ1) is 14.2. The van der Waals surface area contributed by atoms with E-state index < -0.39 is 0 Å². The van der Waals surface area contributed by atoms with Gasteiger partial charge in [0.2, 0.25) is 0 Å². The van der Waals surface area contributed by atoms with Gasteiger partial charge in [-0.2, -0.15) is 5.10 Å². The van der Waals surface area contributed by atoms with Gasteiger partial charge < -0.3 is 5.32 Å². The van der Waals surface area contributed by atoms with Gasteiger partial charge in [0.15, 0.2) is 5.78 Å². The summed E-state index contributed by atoms with van der Waals surface area (Å²) in [5.74, 6) is 0.731. The van der Waals surface area contributed by atoms with Gasteiger partial charge in [0.25, 0.3) is 0 Å². The molecule has 0 aliphatic rings. The van der Waals surface area contributed by atoms with Crippen LogP contribution in [0.1, 0.15) is 15.9 Å². The smallest absolute Gasteiger partial charge is 0.187 e. The second-order valence-electron chi connectivity index (χ2n) is 6.74. The Labute approximate surface area is 170 Å². The minimum Gasteiger partial charge on any atom is -0.346 e. The fourth-order valence-corrected chi connectivity index (χ4v) is 3.02. The van der Waals surface area contributed by atoms with Crippen LogP contribution in [0.5, 0.6) is 0 Å². The Kier molecular flexibility index (Phi) is 5.34. The molecule has 4 heteroatoms. The Balaban J connectivity index is 1.61. The molecule has 1 N–H and O–H groups in total. The van der Waals surface area contributed by atoms with Crippen molar-refractivity contribution in [2.24, 2.45) is 0 Å². The Hall–Kier alpha value is -3.92. The van der Waals surface area contributed by atoms with Gasteiger partial charge in [-0.25, -0.2) is 4.68 Å². The number of allylic oxidation sites excluding steroid dienone is 1. The Morgan fingerprint density at radius 1 is 0.897 bits per heavy atom. The van der Waals surface area contributed by atoms with Crippen LogP contribution in [0.3, 0.4) is 0 Å². The van der Waals surface area contributed by atoms with Crippen LogP contribution in [-0.4, -0.2) is 15.6 Å². The number of aromatic nitrogens is 2. The number of rotatable bonds is 6. The van der Waals surface area contributed by atoms with Crippen molar-refractivity contribution in [1.82, 2.24) is 9.78 Å². The predicted octanol–water partition coefficient (Wildman–Crippen LogP) is 5.66. The van der Waals surface area contributed by atoms with E-state index in [1.165, 1.54) is 6.08 Å². The summed E-state index contributed by atoms with van der Waals surface area (Å²) >= 11 is 0. The molecule has 0 spiro atoms. The molecule has 0 saturated heterocycles. The van der Waals surface area contributed by atoms with Crippen LogP contribution in [0.25, 0.3) is 16.9 Å². The average Bonchev–Trinajstić information content (AvgIpc) is 3.19. The van der Waals surface area contributed by atoms with Crippen molar-refractivity contribution < 1.29 is 4.79 Å². The van der Waals surface area contributed by atoms with Crippen LogP contribution in [0, 0.1) is 6.92 Å².